The maximum atomic E-state index is 14.9. The number of nitrogens with zero attached hydrogens (tertiary/aromatic N) is 4. The highest BCUT2D eigenvalue weighted by Crippen LogP contribution is 2.33. The highest BCUT2D eigenvalue weighted by atomic mass is 19.1. The van der Waals surface area contributed by atoms with Crippen molar-refractivity contribution in [3.63, 3.8) is 0 Å². The molecular formula is C24H29FN4O. The molecular weight excluding hydrogens is 379 g/mol. The Morgan fingerprint density at radius 3 is 2.50 bits per heavy atom. The Morgan fingerprint density at radius 2 is 1.83 bits per heavy atom. The smallest absolute Gasteiger partial charge is 0.146 e. The molecule has 1 atom stereocenters. The predicted octanol–water partition coefficient (Wildman–Crippen LogP) is 3.58. The van der Waals surface area contributed by atoms with Crippen LogP contribution < -0.4 is 4.90 Å². The molecule has 1 aromatic heterocycles. The predicted molar refractivity (Wildman–Crippen MR) is 117 cm³/mol. The first-order valence-electron chi connectivity index (χ1n) is 10.4. The molecule has 1 fully saturated rings. The summed E-state index contributed by atoms with van der Waals surface area (Å²) < 4.78 is 16.6. The largest absolute Gasteiger partial charge is 0.380 e. The van der Waals surface area contributed by atoms with Crippen molar-refractivity contribution in [1.82, 2.24) is 14.5 Å². The van der Waals surface area contributed by atoms with Gasteiger partial charge in [-0.1, -0.05) is 30.3 Å². The molecule has 0 saturated carbocycles. The van der Waals surface area contributed by atoms with Crippen LogP contribution in [0.3, 0.4) is 0 Å². The molecule has 4 rings (SSSR count). The zero-order valence-corrected chi connectivity index (χ0v) is 17.8. The van der Waals surface area contributed by atoms with Crippen LogP contribution in [0, 0.1) is 19.7 Å². The molecule has 0 bridgehead atoms. The molecule has 0 aliphatic carbocycles. The van der Waals surface area contributed by atoms with Crippen LogP contribution in [0.5, 0.6) is 0 Å². The molecule has 0 amide bonds. The van der Waals surface area contributed by atoms with E-state index in [1.165, 1.54) is 22.8 Å². The van der Waals surface area contributed by atoms with E-state index in [-0.39, 0.29) is 5.82 Å². The van der Waals surface area contributed by atoms with Crippen LogP contribution >= 0.6 is 0 Å². The highest BCUT2D eigenvalue weighted by Gasteiger charge is 2.26. The Labute approximate surface area is 177 Å². The second-order valence-corrected chi connectivity index (χ2v) is 8.16. The Balaban J connectivity index is 1.49. The van der Waals surface area contributed by atoms with Crippen molar-refractivity contribution < 1.29 is 9.50 Å². The van der Waals surface area contributed by atoms with Crippen LogP contribution in [0.2, 0.25) is 0 Å². The third kappa shape index (κ3) is 4.11. The van der Waals surface area contributed by atoms with Gasteiger partial charge in [-0.05, 0) is 36.6 Å². The number of para-hydroxylation sites is 1. The number of piperazine rings is 1. The quantitative estimate of drug-likeness (QED) is 0.701. The van der Waals surface area contributed by atoms with Gasteiger partial charge in [0.2, 0.25) is 0 Å². The minimum absolute atomic E-state index is 0.302. The van der Waals surface area contributed by atoms with Gasteiger partial charge >= 0.3 is 0 Å². The minimum atomic E-state index is -0.968. The molecule has 0 radical (unpaired) electrons. The summed E-state index contributed by atoms with van der Waals surface area (Å²) in [5.41, 5.74) is 4.97. The van der Waals surface area contributed by atoms with Gasteiger partial charge in [0.1, 0.15) is 17.7 Å². The van der Waals surface area contributed by atoms with E-state index in [1.807, 2.05) is 11.9 Å². The summed E-state index contributed by atoms with van der Waals surface area (Å²) >= 11 is 0. The minimum Gasteiger partial charge on any atom is -0.380 e. The number of imidazole rings is 1. The van der Waals surface area contributed by atoms with E-state index in [0.717, 1.165) is 19.6 Å². The molecule has 3 aromatic rings. The number of rotatable bonds is 5. The number of aryl methyl sites for hydroxylation is 3. The maximum absolute atomic E-state index is 14.9. The molecule has 1 saturated heterocycles. The SMILES string of the molecule is Cc1ccc(CN2CCN(c3c(F)cccc3[C@H](O)c3nccn3C)CC2)cc1C. The molecule has 0 spiro atoms. The molecule has 0 unspecified atom stereocenters. The van der Waals surface area contributed by atoms with Gasteiger partial charge in [-0.3, -0.25) is 4.90 Å². The first-order valence-corrected chi connectivity index (χ1v) is 10.4. The summed E-state index contributed by atoms with van der Waals surface area (Å²) in [6.45, 7) is 8.29. The topological polar surface area (TPSA) is 44.5 Å². The summed E-state index contributed by atoms with van der Waals surface area (Å²) in [6.07, 6.45) is 2.45. The van der Waals surface area contributed by atoms with Gasteiger partial charge in [-0.25, -0.2) is 9.37 Å². The van der Waals surface area contributed by atoms with Crippen LogP contribution in [0.1, 0.15) is 34.2 Å². The second-order valence-electron chi connectivity index (χ2n) is 8.16. The van der Waals surface area contributed by atoms with Crippen molar-refractivity contribution in [3.05, 3.63) is 82.7 Å². The zero-order valence-electron chi connectivity index (χ0n) is 17.8. The van der Waals surface area contributed by atoms with Gasteiger partial charge in [-0.15, -0.1) is 0 Å². The number of benzene rings is 2. The number of hydrogen-bond donors (Lipinski definition) is 1. The Kier molecular flexibility index (Phi) is 5.88. The van der Waals surface area contributed by atoms with Gasteiger partial charge in [0.05, 0.1) is 5.69 Å². The molecule has 1 aliphatic heterocycles. The van der Waals surface area contributed by atoms with Crippen molar-refractivity contribution in [2.75, 3.05) is 31.1 Å². The highest BCUT2D eigenvalue weighted by molar-refractivity contribution is 5.57. The average Bonchev–Trinajstić information content (AvgIpc) is 3.17. The van der Waals surface area contributed by atoms with Crippen LogP contribution in [0.25, 0.3) is 0 Å². The maximum Gasteiger partial charge on any atom is 0.146 e. The summed E-state index contributed by atoms with van der Waals surface area (Å²) in [7, 11) is 1.83. The van der Waals surface area contributed by atoms with Crippen molar-refractivity contribution in [2.45, 2.75) is 26.5 Å². The van der Waals surface area contributed by atoms with E-state index >= 15 is 0 Å². The molecule has 158 valence electrons. The second kappa shape index (κ2) is 8.58. The zero-order chi connectivity index (χ0) is 21.3. The lowest BCUT2D eigenvalue weighted by Crippen LogP contribution is -2.46. The van der Waals surface area contributed by atoms with Gasteiger partial charge in [0.15, 0.2) is 0 Å². The molecule has 1 aliphatic rings. The molecule has 30 heavy (non-hydrogen) atoms. The number of aliphatic hydroxyl groups excluding tert-OH is 1. The fraction of sp³-hybridized carbons (Fsp3) is 0.375. The lowest BCUT2D eigenvalue weighted by atomic mass is 10.0. The summed E-state index contributed by atoms with van der Waals surface area (Å²) in [5.74, 6) is 0.207. The number of halogens is 1. The summed E-state index contributed by atoms with van der Waals surface area (Å²) in [5, 5.41) is 10.9. The Bertz CT molecular complexity index is 1020. The Hall–Kier alpha value is -2.70. The standard InChI is InChI=1S/C24H29FN4O/c1-17-7-8-19(15-18(17)2)16-28-11-13-29(14-12-28)22-20(5-4-6-21(22)25)23(30)24-26-9-10-27(24)3/h4-10,15,23,30H,11-14,16H2,1-3H3/t23-/m0/s1. The number of hydrogen-bond acceptors (Lipinski definition) is 4. The summed E-state index contributed by atoms with van der Waals surface area (Å²) in [4.78, 5) is 8.69. The van der Waals surface area contributed by atoms with Crippen molar-refractivity contribution in [2.24, 2.45) is 7.05 Å². The third-order valence-electron chi connectivity index (χ3n) is 6.08. The number of aliphatic hydroxyl groups is 1. The van der Waals surface area contributed by atoms with E-state index in [9.17, 15) is 9.50 Å². The van der Waals surface area contributed by atoms with Gasteiger partial charge < -0.3 is 14.6 Å². The third-order valence-corrected chi connectivity index (χ3v) is 6.08. The fourth-order valence-corrected chi connectivity index (χ4v) is 4.16. The van der Waals surface area contributed by atoms with Crippen LogP contribution in [0.15, 0.2) is 48.8 Å². The normalized spacial score (nSPS) is 16.1. The molecule has 2 aromatic carbocycles. The lowest BCUT2D eigenvalue weighted by Gasteiger charge is -2.37. The van der Waals surface area contributed by atoms with Crippen LogP contribution in [-0.2, 0) is 13.6 Å². The molecule has 6 heteroatoms. The van der Waals surface area contributed by atoms with E-state index in [4.69, 9.17) is 0 Å². The van der Waals surface area contributed by atoms with Crippen molar-refractivity contribution in [3.8, 4) is 0 Å². The van der Waals surface area contributed by atoms with Gasteiger partial charge in [0, 0.05) is 57.7 Å². The summed E-state index contributed by atoms with van der Waals surface area (Å²) in [6, 6.07) is 11.5. The van der Waals surface area contributed by atoms with E-state index in [1.54, 1.807) is 29.1 Å². The van der Waals surface area contributed by atoms with E-state index in [2.05, 4.69) is 41.9 Å². The van der Waals surface area contributed by atoms with Crippen LogP contribution in [-0.4, -0.2) is 45.7 Å². The van der Waals surface area contributed by atoms with E-state index < -0.39 is 6.10 Å². The average molecular weight is 409 g/mol. The Morgan fingerprint density at radius 1 is 1.07 bits per heavy atom. The lowest BCUT2D eigenvalue weighted by molar-refractivity contribution is 0.205. The van der Waals surface area contributed by atoms with Crippen molar-refractivity contribution in [1.29, 1.82) is 0 Å². The fourth-order valence-electron chi connectivity index (χ4n) is 4.16. The number of aromatic nitrogens is 2. The first-order chi connectivity index (χ1) is 14.4. The number of anilines is 1. The monoisotopic (exact) mass is 408 g/mol. The molecule has 1 N–H and O–H groups in total. The van der Waals surface area contributed by atoms with Crippen LogP contribution in [0.4, 0.5) is 10.1 Å². The van der Waals surface area contributed by atoms with Crippen molar-refractivity contribution >= 4 is 5.69 Å². The molecule has 5 nitrogen and oxygen atoms in total. The molecule has 2 heterocycles. The van der Waals surface area contributed by atoms with Gasteiger partial charge in [0.25, 0.3) is 0 Å². The van der Waals surface area contributed by atoms with E-state index in [0.29, 0.717) is 30.2 Å². The first kappa shape index (κ1) is 20.6. The van der Waals surface area contributed by atoms with Gasteiger partial charge in [-0.2, -0.15) is 0 Å².